The Balaban J connectivity index is 1.35. The Morgan fingerprint density at radius 3 is 2.66 bits per heavy atom. The Bertz CT molecular complexity index is 921. The molecule has 2 heterocycles. The fourth-order valence-electron chi connectivity index (χ4n) is 3.68. The Morgan fingerprint density at radius 2 is 1.97 bits per heavy atom. The van der Waals surface area contributed by atoms with E-state index in [0.717, 1.165) is 49.4 Å². The van der Waals surface area contributed by atoms with Crippen LogP contribution in [0.25, 0.3) is 0 Å². The minimum absolute atomic E-state index is 0.107. The molecular formula is C23H26N4O2. The highest BCUT2D eigenvalue weighted by atomic mass is 16.5. The van der Waals surface area contributed by atoms with E-state index in [2.05, 4.69) is 27.3 Å². The second-order valence-electron chi connectivity index (χ2n) is 7.38. The van der Waals surface area contributed by atoms with Crippen molar-refractivity contribution in [3.8, 4) is 0 Å². The van der Waals surface area contributed by atoms with Crippen LogP contribution in [0.15, 0.2) is 67.3 Å². The summed E-state index contributed by atoms with van der Waals surface area (Å²) in [4.78, 5) is 18.9. The molecule has 1 N–H and O–H groups in total. The highest BCUT2D eigenvalue weighted by molar-refractivity contribution is 6.04. The van der Waals surface area contributed by atoms with Gasteiger partial charge in [-0.3, -0.25) is 4.79 Å². The van der Waals surface area contributed by atoms with E-state index in [4.69, 9.17) is 4.74 Å². The first-order valence-corrected chi connectivity index (χ1v) is 9.95. The molecule has 0 saturated carbocycles. The molecule has 0 unspecified atom stereocenters. The van der Waals surface area contributed by atoms with Crippen molar-refractivity contribution in [1.29, 1.82) is 0 Å². The van der Waals surface area contributed by atoms with Gasteiger partial charge in [-0.1, -0.05) is 12.1 Å². The Morgan fingerprint density at radius 1 is 1.17 bits per heavy atom. The Kier molecular flexibility index (Phi) is 5.91. The van der Waals surface area contributed by atoms with Gasteiger partial charge in [0.05, 0.1) is 12.4 Å². The van der Waals surface area contributed by atoms with Crippen molar-refractivity contribution in [2.75, 3.05) is 30.4 Å². The molecule has 3 aromatic rings. The number of imidazole rings is 1. The van der Waals surface area contributed by atoms with E-state index in [-0.39, 0.29) is 5.91 Å². The van der Waals surface area contributed by atoms with E-state index < -0.39 is 0 Å². The van der Waals surface area contributed by atoms with Gasteiger partial charge in [-0.05, 0) is 54.8 Å². The maximum Gasteiger partial charge on any atom is 0.255 e. The molecule has 0 bridgehead atoms. The summed E-state index contributed by atoms with van der Waals surface area (Å²) < 4.78 is 7.50. The van der Waals surface area contributed by atoms with Crippen molar-refractivity contribution in [3.05, 3.63) is 78.4 Å². The molecule has 1 aromatic heterocycles. The summed E-state index contributed by atoms with van der Waals surface area (Å²) >= 11 is 0. The molecule has 0 radical (unpaired) electrons. The number of hydrogen-bond donors (Lipinski definition) is 1. The van der Waals surface area contributed by atoms with Crippen LogP contribution in [0.5, 0.6) is 0 Å². The fourth-order valence-corrected chi connectivity index (χ4v) is 3.68. The van der Waals surface area contributed by atoms with Crippen LogP contribution in [-0.4, -0.2) is 41.8 Å². The fraction of sp³-hybridized carbons (Fsp3) is 0.304. The van der Waals surface area contributed by atoms with Crippen molar-refractivity contribution in [1.82, 2.24) is 9.55 Å². The topological polar surface area (TPSA) is 59.4 Å². The third-order valence-corrected chi connectivity index (χ3v) is 5.34. The summed E-state index contributed by atoms with van der Waals surface area (Å²) in [5.74, 6) is -0.107. The molecule has 1 aliphatic heterocycles. The van der Waals surface area contributed by atoms with Gasteiger partial charge < -0.3 is 19.5 Å². The molecule has 0 aliphatic carbocycles. The number of carbonyl (C=O) groups excluding carboxylic acids is 1. The number of methoxy groups -OCH3 is 1. The number of benzene rings is 2. The lowest BCUT2D eigenvalue weighted by Gasteiger charge is -2.33. The Hall–Kier alpha value is -3.12. The van der Waals surface area contributed by atoms with Gasteiger partial charge in [0.2, 0.25) is 0 Å². The molecule has 1 atom stereocenters. The zero-order valence-corrected chi connectivity index (χ0v) is 16.6. The number of anilines is 2. The quantitative estimate of drug-likeness (QED) is 0.696. The molecule has 6 nitrogen and oxygen atoms in total. The number of nitrogens with zero attached hydrogens (tertiary/aromatic N) is 3. The molecule has 0 spiro atoms. The number of rotatable bonds is 6. The highest BCUT2D eigenvalue weighted by Gasteiger charge is 2.19. The van der Waals surface area contributed by atoms with Crippen molar-refractivity contribution in [2.24, 2.45) is 0 Å². The molecule has 6 heteroatoms. The monoisotopic (exact) mass is 390 g/mol. The highest BCUT2D eigenvalue weighted by Crippen LogP contribution is 2.23. The molecule has 1 saturated heterocycles. The van der Waals surface area contributed by atoms with Crippen LogP contribution < -0.4 is 10.2 Å². The maximum atomic E-state index is 12.6. The number of amides is 1. The summed E-state index contributed by atoms with van der Waals surface area (Å²) in [6.45, 7) is 2.69. The number of carbonyl (C=O) groups is 1. The minimum atomic E-state index is -0.107. The van der Waals surface area contributed by atoms with Crippen molar-refractivity contribution in [3.63, 3.8) is 0 Å². The lowest BCUT2D eigenvalue weighted by Crippen LogP contribution is -2.39. The van der Waals surface area contributed by atoms with Gasteiger partial charge >= 0.3 is 0 Å². The minimum Gasteiger partial charge on any atom is -0.380 e. The summed E-state index contributed by atoms with van der Waals surface area (Å²) in [5, 5.41) is 2.98. The molecule has 29 heavy (non-hydrogen) atoms. The zero-order valence-electron chi connectivity index (χ0n) is 16.6. The van der Waals surface area contributed by atoms with Gasteiger partial charge in [0, 0.05) is 56.1 Å². The third-order valence-electron chi connectivity index (χ3n) is 5.34. The maximum absolute atomic E-state index is 12.6. The predicted octanol–water partition coefficient (Wildman–Crippen LogP) is 3.80. The lowest BCUT2D eigenvalue weighted by atomic mass is 10.1. The molecule has 1 fully saturated rings. The normalized spacial score (nSPS) is 16.6. The van der Waals surface area contributed by atoms with Crippen LogP contribution in [0.4, 0.5) is 11.4 Å². The van der Waals surface area contributed by atoms with Crippen molar-refractivity contribution < 1.29 is 9.53 Å². The first kappa shape index (κ1) is 19.2. The third kappa shape index (κ3) is 4.84. The predicted molar refractivity (Wildman–Crippen MR) is 114 cm³/mol. The van der Waals surface area contributed by atoms with Crippen LogP contribution >= 0.6 is 0 Å². The molecule has 4 rings (SSSR count). The van der Waals surface area contributed by atoms with Gasteiger partial charge in [-0.15, -0.1) is 0 Å². The largest absolute Gasteiger partial charge is 0.380 e. The second kappa shape index (κ2) is 8.92. The summed E-state index contributed by atoms with van der Waals surface area (Å²) in [6, 6.07) is 15.7. The molecule has 150 valence electrons. The molecule has 2 aromatic carbocycles. The summed E-state index contributed by atoms with van der Waals surface area (Å²) in [7, 11) is 1.77. The van der Waals surface area contributed by atoms with E-state index in [1.54, 1.807) is 19.6 Å². The van der Waals surface area contributed by atoms with Gasteiger partial charge in [0.1, 0.15) is 0 Å². The average molecular weight is 390 g/mol. The van der Waals surface area contributed by atoms with Crippen LogP contribution in [0.1, 0.15) is 28.8 Å². The van der Waals surface area contributed by atoms with Crippen LogP contribution in [-0.2, 0) is 11.3 Å². The number of hydrogen-bond acceptors (Lipinski definition) is 4. The van der Waals surface area contributed by atoms with E-state index in [9.17, 15) is 4.79 Å². The second-order valence-corrected chi connectivity index (χ2v) is 7.38. The van der Waals surface area contributed by atoms with Gasteiger partial charge in [0.15, 0.2) is 0 Å². The van der Waals surface area contributed by atoms with E-state index in [1.807, 2.05) is 47.2 Å². The standard InChI is InChI=1S/C23H26N4O2/c1-29-22-3-2-13-27(16-22)21-10-8-20(9-11-21)25-23(28)19-6-4-18(5-7-19)15-26-14-12-24-17-26/h4-12,14,17,22H,2-3,13,15-16H2,1H3,(H,25,28)/t22-/m1/s1. The SMILES string of the molecule is CO[C@@H]1CCCN(c2ccc(NC(=O)c3ccc(Cn4ccnc4)cc3)cc2)C1. The van der Waals surface area contributed by atoms with Gasteiger partial charge in [-0.2, -0.15) is 0 Å². The van der Waals surface area contributed by atoms with Crippen molar-refractivity contribution >= 4 is 17.3 Å². The van der Waals surface area contributed by atoms with Crippen LogP contribution in [0, 0.1) is 0 Å². The van der Waals surface area contributed by atoms with Crippen molar-refractivity contribution in [2.45, 2.75) is 25.5 Å². The van der Waals surface area contributed by atoms with Gasteiger partial charge in [-0.25, -0.2) is 4.98 Å². The average Bonchev–Trinajstić information content (AvgIpc) is 3.28. The number of aromatic nitrogens is 2. The van der Waals surface area contributed by atoms with Crippen LogP contribution in [0.2, 0.25) is 0 Å². The molecule has 1 aliphatic rings. The number of piperidine rings is 1. The first-order chi connectivity index (χ1) is 14.2. The van der Waals surface area contributed by atoms with E-state index in [0.29, 0.717) is 11.7 Å². The zero-order chi connectivity index (χ0) is 20.1. The smallest absolute Gasteiger partial charge is 0.255 e. The summed E-state index contributed by atoms with van der Waals surface area (Å²) in [6.07, 6.45) is 8.00. The van der Waals surface area contributed by atoms with Gasteiger partial charge in [0.25, 0.3) is 5.91 Å². The summed E-state index contributed by atoms with van der Waals surface area (Å²) in [5.41, 5.74) is 3.72. The Labute approximate surface area is 171 Å². The molecular weight excluding hydrogens is 364 g/mol. The molecule has 1 amide bonds. The number of nitrogens with one attached hydrogen (secondary N) is 1. The first-order valence-electron chi connectivity index (χ1n) is 9.95. The lowest BCUT2D eigenvalue weighted by molar-refractivity contribution is 0.0893. The number of ether oxygens (including phenoxy) is 1. The van der Waals surface area contributed by atoms with E-state index >= 15 is 0 Å². The van der Waals surface area contributed by atoms with E-state index in [1.165, 1.54) is 0 Å². The van der Waals surface area contributed by atoms with Crippen LogP contribution in [0.3, 0.4) is 0 Å².